The van der Waals surface area contributed by atoms with E-state index >= 15 is 0 Å². The van der Waals surface area contributed by atoms with Crippen molar-refractivity contribution in [1.29, 1.82) is 0 Å². The quantitative estimate of drug-likeness (QED) is 0.486. The molecule has 18 heavy (non-hydrogen) atoms. The van der Waals surface area contributed by atoms with E-state index in [2.05, 4.69) is 13.5 Å². The second-order valence-electron chi connectivity index (χ2n) is 6.04. The molecule has 0 aromatic carbocycles. The Balaban J connectivity index is 2.08. The molecule has 1 heterocycles. The minimum absolute atomic E-state index is 0.0128. The van der Waals surface area contributed by atoms with Crippen molar-refractivity contribution in [1.82, 2.24) is 0 Å². The molecular formula is C15H18O3. The molecule has 2 fully saturated rings. The minimum Gasteiger partial charge on any atom is -0.457 e. The molecule has 0 aromatic heterocycles. The predicted octanol–water partition coefficient (Wildman–Crippen LogP) is 2.28. The minimum atomic E-state index is -0.588. The van der Waals surface area contributed by atoms with E-state index in [1.807, 2.05) is 13.0 Å². The van der Waals surface area contributed by atoms with Gasteiger partial charge in [-0.3, -0.25) is 4.79 Å². The van der Waals surface area contributed by atoms with Crippen LogP contribution in [-0.4, -0.2) is 17.9 Å². The van der Waals surface area contributed by atoms with E-state index in [4.69, 9.17) is 4.74 Å². The van der Waals surface area contributed by atoms with Crippen LogP contribution < -0.4 is 0 Å². The molecule has 3 nitrogen and oxygen atoms in total. The lowest BCUT2D eigenvalue weighted by atomic mass is 9.68. The summed E-state index contributed by atoms with van der Waals surface area (Å²) in [5.74, 6) is 0.408. The summed E-state index contributed by atoms with van der Waals surface area (Å²) in [7, 11) is 0. The van der Waals surface area contributed by atoms with E-state index in [0.29, 0.717) is 11.5 Å². The van der Waals surface area contributed by atoms with Crippen molar-refractivity contribution in [2.24, 2.45) is 23.2 Å². The van der Waals surface area contributed by atoms with Crippen molar-refractivity contribution < 1.29 is 14.3 Å². The Bertz CT molecular complexity index is 476. The van der Waals surface area contributed by atoms with Gasteiger partial charge in [-0.2, -0.15) is 0 Å². The van der Waals surface area contributed by atoms with E-state index < -0.39 is 5.41 Å². The predicted molar refractivity (Wildman–Crippen MR) is 66.7 cm³/mol. The Kier molecular flexibility index (Phi) is 2.31. The molecule has 1 saturated heterocycles. The van der Waals surface area contributed by atoms with Crippen LogP contribution in [0.3, 0.4) is 0 Å². The van der Waals surface area contributed by atoms with E-state index in [1.54, 1.807) is 6.08 Å². The average molecular weight is 246 g/mol. The summed E-state index contributed by atoms with van der Waals surface area (Å²) >= 11 is 0. The zero-order valence-corrected chi connectivity index (χ0v) is 10.8. The lowest BCUT2D eigenvalue weighted by molar-refractivity contribution is -0.150. The SMILES string of the molecule is C=C1C(=O)O[C@H]2[C@H]1CC[C@@H](C)[C@@H]1C=CC(=O)[C@]12C. The van der Waals surface area contributed by atoms with Crippen LogP contribution in [-0.2, 0) is 14.3 Å². The van der Waals surface area contributed by atoms with Gasteiger partial charge in [-0.1, -0.05) is 19.6 Å². The van der Waals surface area contributed by atoms with Crippen molar-refractivity contribution in [2.45, 2.75) is 32.8 Å². The maximum absolute atomic E-state index is 12.3. The summed E-state index contributed by atoms with van der Waals surface area (Å²) in [5, 5.41) is 0. The lowest BCUT2D eigenvalue weighted by Crippen LogP contribution is -2.45. The molecule has 5 atom stereocenters. The topological polar surface area (TPSA) is 43.4 Å². The summed E-state index contributed by atoms with van der Waals surface area (Å²) in [5.41, 5.74) is -0.0378. The second-order valence-corrected chi connectivity index (χ2v) is 6.04. The van der Waals surface area contributed by atoms with Crippen molar-refractivity contribution in [2.75, 3.05) is 0 Å². The summed E-state index contributed by atoms with van der Waals surface area (Å²) in [4.78, 5) is 24.0. The van der Waals surface area contributed by atoms with E-state index in [9.17, 15) is 9.59 Å². The van der Waals surface area contributed by atoms with Crippen LogP contribution in [0, 0.1) is 23.2 Å². The van der Waals surface area contributed by atoms with Crippen LogP contribution in [0.4, 0.5) is 0 Å². The molecule has 3 rings (SSSR count). The van der Waals surface area contributed by atoms with Crippen LogP contribution in [0.15, 0.2) is 24.3 Å². The number of hydrogen-bond donors (Lipinski definition) is 0. The molecule has 3 aliphatic rings. The Morgan fingerprint density at radius 3 is 2.83 bits per heavy atom. The van der Waals surface area contributed by atoms with Crippen molar-refractivity contribution >= 4 is 11.8 Å². The van der Waals surface area contributed by atoms with Crippen LogP contribution in [0.25, 0.3) is 0 Å². The van der Waals surface area contributed by atoms with Gasteiger partial charge in [-0.25, -0.2) is 4.79 Å². The van der Waals surface area contributed by atoms with Crippen LogP contribution in [0.5, 0.6) is 0 Å². The van der Waals surface area contributed by atoms with Gasteiger partial charge >= 0.3 is 5.97 Å². The Morgan fingerprint density at radius 2 is 2.11 bits per heavy atom. The highest BCUT2D eigenvalue weighted by Crippen LogP contribution is 2.54. The van der Waals surface area contributed by atoms with Gasteiger partial charge in [0, 0.05) is 11.5 Å². The molecule has 1 saturated carbocycles. The third-order valence-corrected chi connectivity index (χ3v) is 5.12. The third-order valence-electron chi connectivity index (χ3n) is 5.12. The number of esters is 1. The van der Waals surface area contributed by atoms with Crippen LogP contribution in [0.2, 0.25) is 0 Å². The first-order valence-corrected chi connectivity index (χ1v) is 6.58. The Labute approximate surface area is 107 Å². The number of rotatable bonds is 0. The Morgan fingerprint density at radius 1 is 1.39 bits per heavy atom. The second kappa shape index (κ2) is 3.56. The molecule has 0 radical (unpaired) electrons. The summed E-state index contributed by atoms with van der Waals surface area (Å²) < 4.78 is 5.49. The average Bonchev–Trinajstić information content (AvgIpc) is 2.75. The third kappa shape index (κ3) is 1.25. The van der Waals surface area contributed by atoms with E-state index in [1.165, 1.54) is 0 Å². The van der Waals surface area contributed by atoms with Crippen LogP contribution in [0.1, 0.15) is 26.7 Å². The number of fused-ring (bicyclic) bond motifs is 3. The normalized spacial score (nSPS) is 46.7. The number of allylic oxidation sites excluding steroid dienone is 2. The molecule has 0 aromatic rings. The first kappa shape index (κ1) is 11.7. The summed E-state index contributed by atoms with van der Waals surface area (Å²) in [6.45, 7) is 7.98. The number of carbonyl (C=O) groups is 2. The molecule has 1 aliphatic heterocycles. The standard InChI is InChI=1S/C15H18O3/c1-8-4-5-10-9(2)14(17)18-13(10)15(3)11(8)6-7-12(15)16/h6-8,10-11,13H,2,4-5H2,1,3H3/t8-,10+,11+,13+,15+/m1/s1. The molecule has 0 spiro atoms. The van der Waals surface area contributed by atoms with E-state index in [0.717, 1.165) is 12.8 Å². The number of ketones is 1. The van der Waals surface area contributed by atoms with Gasteiger partial charge in [-0.15, -0.1) is 0 Å². The lowest BCUT2D eigenvalue weighted by Gasteiger charge is -2.36. The fourth-order valence-corrected chi connectivity index (χ4v) is 3.94. The van der Waals surface area contributed by atoms with Crippen LogP contribution >= 0.6 is 0 Å². The number of ether oxygens (including phenoxy) is 1. The number of carbonyl (C=O) groups excluding carboxylic acids is 2. The van der Waals surface area contributed by atoms with Gasteiger partial charge in [-0.05, 0) is 37.7 Å². The van der Waals surface area contributed by atoms with Gasteiger partial charge < -0.3 is 4.74 Å². The maximum Gasteiger partial charge on any atom is 0.334 e. The smallest absolute Gasteiger partial charge is 0.334 e. The van der Waals surface area contributed by atoms with E-state index in [-0.39, 0.29) is 29.7 Å². The number of hydrogen-bond acceptors (Lipinski definition) is 3. The first-order valence-electron chi connectivity index (χ1n) is 6.58. The summed E-state index contributed by atoms with van der Waals surface area (Å²) in [6, 6.07) is 0. The molecule has 0 unspecified atom stereocenters. The Hall–Kier alpha value is -1.38. The van der Waals surface area contributed by atoms with Gasteiger partial charge in [0.1, 0.15) is 6.10 Å². The molecule has 0 amide bonds. The highest BCUT2D eigenvalue weighted by atomic mass is 16.6. The highest BCUT2D eigenvalue weighted by molar-refractivity contribution is 6.00. The fraction of sp³-hybridized carbons (Fsp3) is 0.600. The largest absolute Gasteiger partial charge is 0.457 e. The van der Waals surface area contributed by atoms with Gasteiger partial charge in [0.15, 0.2) is 5.78 Å². The molecule has 0 bridgehead atoms. The molecule has 2 aliphatic carbocycles. The monoisotopic (exact) mass is 246 g/mol. The molecule has 3 heteroatoms. The van der Waals surface area contributed by atoms with Gasteiger partial charge in [0.2, 0.25) is 0 Å². The molecule has 96 valence electrons. The highest BCUT2D eigenvalue weighted by Gasteiger charge is 2.59. The molecular weight excluding hydrogens is 228 g/mol. The van der Waals surface area contributed by atoms with Crippen molar-refractivity contribution in [3.8, 4) is 0 Å². The fourth-order valence-electron chi connectivity index (χ4n) is 3.94. The summed E-state index contributed by atoms with van der Waals surface area (Å²) in [6.07, 6.45) is 5.25. The van der Waals surface area contributed by atoms with Crippen molar-refractivity contribution in [3.63, 3.8) is 0 Å². The van der Waals surface area contributed by atoms with Crippen molar-refractivity contribution in [3.05, 3.63) is 24.3 Å². The van der Waals surface area contributed by atoms with Gasteiger partial charge in [0.05, 0.1) is 5.41 Å². The maximum atomic E-state index is 12.3. The zero-order chi connectivity index (χ0) is 13.1. The first-order chi connectivity index (χ1) is 8.46. The zero-order valence-electron chi connectivity index (χ0n) is 10.8. The molecule has 0 N–H and O–H groups in total. The van der Waals surface area contributed by atoms with Gasteiger partial charge in [0.25, 0.3) is 0 Å².